The number of fused-ring (bicyclic) bond motifs is 1. The molecule has 1 aromatic carbocycles. The number of halogens is 3. The second-order valence-corrected chi connectivity index (χ2v) is 3.36. The summed E-state index contributed by atoms with van der Waals surface area (Å²) < 4.78 is 42.4. The minimum atomic E-state index is -4.71. The van der Waals surface area contributed by atoms with E-state index in [4.69, 9.17) is 5.73 Å². The van der Waals surface area contributed by atoms with Gasteiger partial charge in [-0.15, -0.1) is 0 Å². The van der Waals surface area contributed by atoms with Crippen LogP contribution < -0.4 is 11.4 Å². The van der Waals surface area contributed by atoms with Gasteiger partial charge in [0.25, 0.3) is 0 Å². The minimum absolute atomic E-state index is 0.167. The van der Waals surface area contributed by atoms with Crippen molar-refractivity contribution in [1.82, 2.24) is 0 Å². The lowest BCUT2D eigenvalue weighted by Crippen LogP contribution is -2.11. The Morgan fingerprint density at radius 1 is 1.29 bits per heavy atom. The number of nitrogen functional groups attached to an aromatic ring is 1. The summed E-state index contributed by atoms with van der Waals surface area (Å²) >= 11 is 0. The number of anilines is 1. The van der Waals surface area contributed by atoms with Crippen LogP contribution in [0.2, 0.25) is 0 Å². The van der Waals surface area contributed by atoms with Crippen molar-refractivity contribution in [2.45, 2.75) is 6.18 Å². The molecule has 0 saturated heterocycles. The fraction of sp³-hybridized carbons (Fsp3) is 0.100. The number of aromatic hydroxyl groups is 1. The van der Waals surface area contributed by atoms with E-state index in [0.29, 0.717) is 6.07 Å². The number of nitrogens with two attached hydrogens (primary N) is 1. The largest absolute Gasteiger partial charge is 0.503 e. The van der Waals surface area contributed by atoms with Crippen LogP contribution in [0.15, 0.2) is 27.4 Å². The molecule has 90 valence electrons. The number of rotatable bonds is 0. The summed E-state index contributed by atoms with van der Waals surface area (Å²) in [6, 6.07) is 2.47. The topological polar surface area (TPSA) is 76.5 Å². The van der Waals surface area contributed by atoms with E-state index in [0.717, 1.165) is 12.1 Å². The SMILES string of the molecule is Nc1ccc2c(C(F)(F)F)cc(=O)oc2c1O. The molecule has 0 saturated carbocycles. The van der Waals surface area contributed by atoms with Gasteiger partial charge in [0.15, 0.2) is 11.3 Å². The van der Waals surface area contributed by atoms with Crippen molar-refractivity contribution in [3.63, 3.8) is 0 Å². The molecular formula is C10H6F3NO3. The van der Waals surface area contributed by atoms with Crippen LogP contribution in [0.25, 0.3) is 11.0 Å². The summed E-state index contributed by atoms with van der Waals surface area (Å²) in [6.07, 6.45) is -4.71. The number of phenolic OH excluding ortho intramolecular Hbond substituents is 1. The second kappa shape index (κ2) is 3.41. The van der Waals surface area contributed by atoms with Gasteiger partial charge in [0.1, 0.15) is 0 Å². The molecule has 7 heteroatoms. The van der Waals surface area contributed by atoms with Gasteiger partial charge < -0.3 is 15.3 Å². The first-order chi connectivity index (χ1) is 7.80. The maximum Gasteiger partial charge on any atom is 0.417 e. The van der Waals surface area contributed by atoms with Crippen LogP contribution in [0.4, 0.5) is 18.9 Å². The van der Waals surface area contributed by atoms with Gasteiger partial charge in [0, 0.05) is 11.5 Å². The Morgan fingerprint density at radius 2 is 1.94 bits per heavy atom. The maximum absolute atomic E-state index is 12.6. The monoisotopic (exact) mass is 245 g/mol. The van der Waals surface area contributed by atoms with Crippen molar-refractivity contribution >= 4 is 16.7 Å². The van der Waals surface area contributed by atoms with Crippen LogP contribution in [-0.4, -0.2) is 5.11 Å². The highest BCUT2D eigenvalue weighted by molar-refractivity contribution is 5.90. The lowest BCUT2D eigenvalue weighted by Gasteiger charge is -2.10. The molecule has 17 heavy (non-hydrogen) atoms. The van der Waals surface area contributed by atoms with E-state index in [9.17, 15) is 23.1 Å². The first-order valence-electron chi connectivity index (χ1n) is 4.43. The number of phenols is 1. The van der Waals surface area contributed by atoms with E-state index in [1.54, 1.807) is 0 Å². The molecule has 0 radical (unpaired) electrons. The molecule has 3 N–H and O–H groups in total. The Bertz CT molecular complexity index is 646. The average molecular weight is 245 g/mol. The average Bonchev–Trinajstić information content (AvgIpc) is 2.22. The predicted molar refractivity (Wildman–Crippen MR) is 53.6 cm³/mol. The molecule has 4 nitrogen and oxygen atoms in total. The Labute approximate surface area is 92.1 Å². The second-order valence-electron chi connectivity index (χ2n) is 3.36. The summed E-state index contributed by atoms with van der Waals surface area (Å²) in [5.41, 5.74) is 2.20. The number of alkyl halides is 3. The normalized spacial score (nSPS) is 11.9. The van der Waals surface area contributed by atoms with E-state index < -0.39 is 34.1 Å². The molecule has 0 amide bonds. The van der Waals surface area contributed by atoms with Gasteiger partial charge in [0.2, 0.25) is 0 Å². The van der Waals surface area contributed by atoms with Crippen LogP contribution in [0, 0.1) is 0 Å². The van der Waals surface area contributed by atoms with E-state index >= 15 is 0 Å². The fourth-order valence-electron chi connectivity index (χ4n) is 1.46. The Balaban J connectivity index is 2.97. The Hall–Kier alpha value is -2.18. The van der Waals surface area contributed by atoms with Crippen LogP contribution in [0.1, 0.15) is 5.56 Å². The number of hydrogen-bond acceptors (Lipinski definition) is 4. The summed E-state index contributed by atoms with van der Waals surface area (Å²) in [4.78, 5) is 11.0. The van der Waals surface area contributed by atoms with Crippen molar-refractivity contribution in [3.8, 4) is 5.75 Å². The molecule has 2 rings (SSSR count). The zero-order valence-electron chi connectivity index (χ0n) is 8.21. The van der Waals surface area contributed by atoms with Gasteiger partial charge in [-0.2, -0.15) is 13.2 Å². The lowest BCUT2D eigenvalue weighted by atomic mass is 10.1. The fourth-order valence-corrected chi connectivity index (χ4v) is 1.46. The molecule has 2 aromatic rings. The lowest BCUT2D eigenvalue weighted by molar-refractivity contribution is -0.136. The zero-order valence-corrected chi connectivity index (χ0v) is 8.21. The van der Waals surface area contributed by atoms with E-state index in [1.807, 2.05) is 0 Å². The standard InChI is InChI=1S/C10H6F3NO3/c11-10(12,13)5-3-7(15)17-9-4(5)1-2-6(14)8(9)16/h1-3,16H,14H2. The van der Waals surface area contributed by atoms with Crippen LogP contribution in [-0.2, 0) is 6.18 Å². The van der Waals surface area contributed by atoms with Gasteiger partial charge in [0.05, 0.1) is 11.3 Å². The quantitative estimate of drug-likeness (QED) is 0.423. The van der Waals surface area contributed by atoms with Crippen molar-refractivity contribution < 1.29 is 22.7 Å². The zero-order chi connectivity index (χ0) is 12.8. The first kappa shape index (κ1) is 11.3. The van der Waals surface area contributed by atoms with Crippen LogP contribution in [0.5, 0.6) is 5.75 Å². The Morgan fingerprint density at radius 3 is 2.53 bits per heavy atom. The van der Waals surface area contributed by atoms with E-state index in [2.05, 4.69) is 4.42 Å². The highest BCUT2D eigenvalue weighted by Gasteiger charge is 2.34. The molecule has 0 unspecified atom stereocenters. The molecule has 0 aliphatic carbocycles. The third kappa shape index (κ3) is 1.79. The molecule has 1 aromatic heterocycles. The number of hydrogen-bond donors (Lipinski definition) is 2. The van der Waals surface area contributed by atoms with Crippen molar-refractivity contribution in [3.05, 3.63) is 34.2 Å². The summed E-state index contributed by atoms with van der Waals surface area (Å²) in [6.45, 7) is 0. The van der Waals surface area contributed by atoms with Crippen LogP contribution in [0.3, 0.4) is 0 Å². The minimum Gasteiger partial charge on any atom is -0.503 e. The third-order valence-electron chi connectivity index (χ3n) is 2.22. The van der Waals surface area contributed by atoms with Crippen molar-refractivity contribution in [1.29, 1.82) is 0 Å². The van der Waals surface area contributed by atoms with E-state index in [1.165, 1.54) is 0 Å². The maximum atomic E-state index is 12.6. The Kier molecular flexibility index (Phi) is 2.27. The summed E-state index contributed by atoms with van der Waals surface area (Å²) in [7, 11) is 0. The van der Waals surface area contributed by atoms with Crippen LogP contribution >= 0.6 is 0 Å². The first-order valence-corrected chi connectivity index (χ1v) is 4.43. The number of benzene rings is 1. The van der Waals surface area contributed by atoms with Gasteiger partial charge in [-0.05, 0) is 12.1 Å². The molecule has 0 aliphatic heterocycles. The highest BCUT2D eigenvalue weighted by atomic mass is 19.4. The summed E-state index contributed by atoms with van der Waals surface area (Å²) in [5, 5.41) is 9.03. The molecule has 0 bridgehead atoms. The molecule has 0 aliphatic rings. The predicted octanol–water partition coefficient (Wildman–Crippen LogP) is 2.10. The van der Waals surface area contributed by atoms with Gasteiger partial charge in [-0.1, -0.05) is 0 Å². The highest BCUT2D eigenvalue weighted by Crippen LogP contribution is 2.38. The van der Waals surface area contributed by atoms with Crippen molar-refractivity contribution in [2.24, 2.45) is 0 Å². The van der Waals surface area contributed by atoms with Gasteiger partial charge in [-0.25, -0.2) is 4.79 Å². The van der Waals surface area contributed by atoms with Gasteiger partial charge in [-0.3, -0.25) is 0 Å². The van der Waals surface area contributed by atoms with E-state index in [-0.39, 0.29) is 5.69 Å². The molecule has 0 spiro atoms. The van der Waals surface area contributed by atoms with Crippen molar-refractivity contribution in [2.75, 3.05) is 5.73 Å². The molecule has 1 heterocycles. The molecule has 0 atom stereocenters. The molecular weight excluding hydrogens is 239 g/mol. The third-order valence-corrected chi connectivity index (χ3v) is 2.22. The smallest absolute Gasteiger partial charge is 0.417 e. The van der Waals surface area contributed by atoms with Gasteiger partial charge >= 0.3 is 11.8 Å². The summed E-state index contributed by atoms with van der Waals surface area (Å²) in [5.74, 6) is -0.675. The molecule has 0 fully saturated rings.